The second kappa shape index (κ2) is 5.55. The lowest BCUT2D eigenvalue weighted by Gasteiger charge is -2.31. The number of nitrogens with one attached hydrogen (secondary N) is 1. The summed E-state index contributed by atoms with van der Waals surface area (Å²) >= 11 is 13.8. The number of nitrogens with zero attached hydrogens (tertiary/aromatic N) is 1. The summed E-state index contributed by atoms with van der Waals surface area (Å²) in [7, 11) is 0. The molecule has 19 heavy (non-hydrogen) atoms. The summed E-state index contributed by atoms with van der Waals surface area (Å²) < 4.78 is 0. The van der Waals surface area contributed by atoms with Gasteiger partial charge in [0.1, 0.15) is 0 Å². The van der Waals surface area contributed by atoms with Gasteiger partial charge in [-0.1, -0.05) is 47.8 Å². The Morgan fingerprint density at radius 3 is 2.37 bits per heavy atom. The predicted molar refractivity (Wildman–Crippen MR) is 85.7 cm³/mol. The number of thioether (sulfide) groups is 1. The first-order chi connectivity index (χ1) is 9.15. The SMILES string of the molecule is Clc1cc(Cl)cc(NC2=NCC3(CCCC3)CS2)c1. The highest BCUT2D eigenvalue weighted by molar-refractivity contribution is 8.14. The fourth-order valence-corrected chi connectivity index (χ4v) is 4.50. The van der Waals surface area contributed by atoms with Crippen LogP contribution in [0.2, 0.25) is 10.0 Å². The molecule has 3 rings (SSSR count). The first kappa shape index (κ1) is 13.6. The van der Waals surface area contributed by atoms with E-state index in [0.29, 0.717) is 15.5 Å². The molecule has 0 bridgehead atoms. The van der Waals surface area contributed by atoms with Gasteiger partial charge < -0.3 is 5.32 Å². The summed E-state index contributed by atoms with van der Waals surface area (Å²) in [4.78, 5) is 4.70. The molecule has 0 atom stereocenters. The van der Waals surface area contributed by atoms with Crippen LogP contribution in [0.4, 0.5) is 5.69 Å². The zero-order chi connectivity index (χ0) is 13.3. The molecule has 1 N–H and O–H groups in total. The lowest BCUT2D eigenvalue weighted by Crippen LogP contribution is -2.30. The molecule has 0 radical (unpaired) electrons. The van der Waals surface area contributed by atoms with Crippen LogP contribution in [-0.2, 0) is 0 Å². The van der Waals surface area contributed by atoms with Crippen LogP contribution in [0, 0.1) is 5.41 Å². The Balaban J connectivity index is 1.69. The van der Waals surface area contributed by atoms with E-state index < -0.39 is 0 Å². The Hall–Kier alpha value is -0.380. The van der Waals surface area contributed by atoms with Crippen molar-refractivity contribution in [2.75, 3.05) is 17.6 Å². The molecule has 2 nitrogen and oxygen atoms in total. The van der Waals surface area contributed by atoms with Gasteiger partial charge >= 0.3 is 0 Å². The van der Waals surface area contributed by atoms with Crippen molar-refractivity contribution in [2.24, 2.45) is 10.4 Å². The van der Waals surface area contributed by atoms with Crippen LogP contribution in [0.25, 0.3) is 0 Å². The molecule has 1 heterocycles. The smallest absolute Gasteiger partial charge is 0.161 e. The van der Waals surface area contributed by atoms with Crippen molar-refractivity contribution in [3.63, 3.8) is 0 Å². The van der Waals surface area contributed by atoms with Crippen molar-refractivity contribution < 1.29 is 0 Å². The highest BCUT2D eigenvalue weighted by Crippen LogP contribution is 2.43. The quantitative estimate of drug-likeness (QED) is 0.782. The molecule has 0 amide bonds. The van der Waals surface area contributed by atoms with Gasteiger partial charge in [-0.15, -0.1) is 0 Å². The molecule has 1 aliphatic carbocycles. The van der Waals surface area contributed by atoms with Crippen LogP contribution in [0.3, 0.4) is 0 Å². The van der Waals surface area contributed by atoms with Gasteiger partial charge in [-0.05, 0) is 36.5 Å². The standard InChI is InChI=1S/C14H16Cl2N2S/c15-10-5-11(16)7-12(6-10)18-13-17-8-14(9-19-13)3-1-2-4-14/h5-7H,1-4,8-9H2,(H,17,18). The maximum absolute atomic E-state index is 6.00. The molecular weight excluding hydrogens is 299 g/mol. The molecule has 1 saturated carbocycles. The third-order valence-electron chi connectivity index (χ3n) is 3.85. The van der Waals surface area contributed by atoms with E-state index >= 15 is 0 Å². The molecular formula is C14H16Cl2N2S. The van der Waals surface area contributed by atoms with Crippen LogP contribution in [0.15, 0.2) is 23.2 Å². The molecule has 1 fully saturated rings. The molecule has 0 unspecified atom stereocenters. The molecule has 5 heteroatoms. The zero-order valence-corrected chi connectivity index (χ0v) is 12.9. The summed E-state index contributed by atoms with van der Waals surface area (Å²) in [5.41, 5.74) is 1.38. The fourth-order valence-electron chi connectivity index (χ4n) is 2.80. The fraction of sp³-hybridized carbons (Fsp3) is 0.500. The normalized spacial score (nSPS) is 21.5. The van der Waals surface area contributed by atoms with E-state index in [2.05, 4.69) is 5.32 Å². The van der Waals surface area contributed by atoms with Gasteiger partial charge in [0, 0.05) is 28.0 Å². The topological polar surface area (TPSA) is 24.4 Å². The molecule has 1 aliphatic heterocycles. The van der Waals surface area contributed by atoms with Gasteiger partial charge in [0.15, 0.2) is 5.17 Å². The molecule has 2 aliphatic rings. The molecule has 102 valence electrons. The highest BCUT2D eigenvalue weighted by atomic mass is 35.5. The zero-order valence-electron chi connectivity index (χ0n) is 10.6. The Bertz CT molecular complexity index is 490. The maximum Gasteiger partial charge on any atom is 0.161 e. The number of rotatable bonds is 1. The van der Waals surface area contributed by atoms with Crippen molar-refractivity contribution in [3.05, 3.63) is 28.2 Å². The minimum atomic E-state index is 0.474. The number of benzene rings is 1. The van der Waals surface area contributed by atoms with Crippen LogP contribution in [0.1, 0.15) is 25.7 Å². The largest absolute Gasteiger partial charge is 0.335 e. The first-order valence-electron chi connectivity index (χ1n) is 6.56. The highest BCUT2D eigenvalue weighted by Gasteiger charge is 2.36. The van der Waals surface area contributed by atoms with E-state index in [9.17, 15) is 0 Å². The molecule has 1 aromatic rings. The number of aliphatic imine (C=N–C) groups is 1. The van der Waals surface area contributed by atoms with Gasteiger partial charge in [-0.2, -0.15) is 0 Å². The second-order valence-corrected chi connectivity index (χ2v) is 7.24. The van der Waals surface area contributed by atoms with E-state index in [-0.39, 0.29) is 0 Å². The summed E-state index contributed by atoms with van der Waals surface area (Å²) in [5, 5.41) is 5.58. The van der Waals surface area contributed by atoms with Crippen LogP contribution < -0.4 is 5.32 Å². The maximum atomic E-state index is 6.00. The monoisotopic (exact) mass is 314 g/mol. The van der Waals surface area contributed by atoms with Crippen molar-refractivity contribution in [1.82, 2.24) is 0 Å². The number of amidine groups is 1. The molecule has 0 saturated heterocycles. The van der Waals surface area contributed by atoms with Crippen molar-refractivity contribution >= 4 is 45.8 Å². The number of hydrogen-bond donors (Lipinski definition) is 1. The van der Waals surface area contributed by atoms with Crippen LogP contribution in [0.5, 0.6) is 0 Å². The number of anilines is 1. The first-order valence-corrected chi connectivity index (χ1v) is 8.30. The summed E-state index contributed by atoms with van der Waals surface area (Å²) in [5.74, 6) is 1.17. The van der Waals surface area contributed by atoms with Gasteiger partial charge in [-0.3, -0.25) is 4.99 Å². The summed E-state index contributed by atoms with van der Waals surface area (Å²) in [6.07, 6.45) is 5.39. The van der Waals surface area contributed by atoms with Gasteiger partial charge in [0.05, 0.1) is 0 Å². The van der Waals surface area contributed by atoms with Gasteiger partial charge in [0.25, 0.3) is 0 Å². The predicted octanol–water partition coefficient (Wildman–Crippen LogP) is 5.07. The molecule has 0 aromatic heterocycles. The van der Waals surface area contributed by atoms with Crippen LogP contribution in [-0.4, -0.2) is 17.5 Å². The van der Waals surface area contributed by atoms with Gasteiger partial charge in [-0.25, -0.2) is 0 Å². The third kappa shape index (κ3) is 3.21. The second-order valence-electron chi connectivity index (χ2n) is 5.40. The Labute approximate surface area is 128 Å². The Morgan fingerprint density at radius 2 is 1.79 bits per heavy atom. The van der Waals surface area contributed by atoms with E-state index in [1.165, 1.54) is 31.4 Å². The van der Waals surface area contributed by atoms with E-state index in [1.54, 1.807) is 6.07 Å². The molecule has 1 aromatic carbocycles. The summed E-state index contributed by atoms with van der Waals surface area (Å²) in [6, 6.07) is 5.48. The minimum Gasteiger partial charge on any atom is -0.335 e. The average molecular weight is 315 g/mol. The van der Waals surface area contributed by atoms with Crippen LogP contribution >= 0.6 is 35.0 Å². The van der Waals surface area contributed by atoms with Gasteiger partial charge in [0.2, 0.25) is 0 Å². The summed E-state index contributed by atoms with van der Waals surface area (Å²) in [6.45, 7) is 0.955. The lowest BCUT2D eigenvalue weighted by molar-refractivity contribution is 0.359. The van der Waals surface area contributed by atoms with E-state index in [0.717, 1.165) is 17.4 Å². The Kier molecular flexibility index (Phi) is 3.97. The number of halogens is 2. The van der Waals surface area contributed by atoms with E-state index in [1.807, 2.05) is 23.9 Å². The molecule has 1 spiro atoms. The third-order valence-corrected chi connectivity index (χ3v) is 5.55. The lowest BCUT2D eigenvalue weighted by atomic mass is 9.89. The van der Waals surface area contributed by atoms with Crippen molar-refractivity contribution in [1.29, 1.82) is 0 Å². The average Bonchev–Trinajstić information content (AvgIpc) is 2.80. The Morgan fingerprint density at radius 1 is 1.11 bits per heavy atom. The van der Waals surface area contributed by atoms with E-state index in [4.69, 9.17) is 28.2 Å². The number of hydrogen-bond acceptors (Lipinski definition) is 3. The van der Waals surface area contributed by atoms with Crippen molar-refractivity contribution in [2.45, 2.75) is 25.7 Å². The minimum absolute atomic E-state index is 0.474. The van der Waals surface area contributed by atoms with Crippen molar-refractivity contribution in [3.8, 4) is 0 Å².